The Labute approximate surface area is 143 Å². The van der Waals surface area contributed by atoms with Crippen molar-refractivity contribution in [1.29, 1.82) is 0 Å². The number of benzene rings is 2. The Morgan fingerprint density at radius 2 is 1.75 bits per heavy atom. The molecule has 0 aliphatic carbocycles. The molecule has 0 unspecified atom stereocenters. The zero-order valence-corrected chi connectivity index (χ0v) is 14.1. The summed E-state index contributed by atoms with van der Waals surface area (Å²) >= 11 is 0. The maximum absolute atomic E-state index is 12.8. The Kier molecular flexibility index (Phi) is 3.98. The minimum absolute atomic E-state index is 0.161. The first-order valence-corrected chi connectivity index (χ1v) is 8.64. The molecule has 1 amide bonds. The van der Waals surface area contributed by atoms with E-state index in [9.17, 15) is 4.79 Å². The van der Waals surface area contributed by atoms with Gasteiger partial charge in [-0.3, -0.25) is 4.79 Å². The van der Waals surface area contributed by atoms with Crippen molar-refractivity contribution < 1.29 is 4.79 Å². The molecule has 24 heavy (non-hydrogen) atoms. The molecule has 2 aromatic carbocycles. The van der Waals surface area contributed by atoms with E-state index >= 15 is 0 Å². The van der Waals surface area contributed by atoms with Crippen molar-refractivity contribution in [2.24, 2.45) is 0 Å². The van der Waals surface area contributed by atoms with Gasteiger partial charge in [0, 0.05) is 50.5 Å². The number of anilines is 1. The van der Waals surface area contributed by atoms with Crippen LogP contribution in [0.25, 0.3) is 0 Å². The lowest BCUT2D eigenvalue weighted by Crippen LogP contribution is -2.48. The van der Waals surface area contributed by atoms with Crippen LogP contribution in [0.4, 0.5) is 5.69 Å². The maximum Gasteiger partial charge on any atom is 0.253 e. The zero-order chi connectivity index (χ0) is 16.5. The van der Waals surface area contributed by atoms with E-state index in [0.717, 1.165) is 44.8 Å². The number of carbonyl (C=O) groups excluding carboxylic acids is 1. The summed E-state index contributed by atoms with van der Waals surface area (Å²) < 4.78 is 0. The van der Waals surface area contributed by atoms with Gasteiger partial charge in [-0.1, -0.05) is 18.2 Å². The number of aryl methyl sites for hydroxylation is 1. The summed E-state index contributed by atoms with van der Waals surface area (Å²) in [6, 6.07) is 14.7. The number of nitrogens with zero attached hydrogens (tertiary/aromatic N) is 2. The van der Waals surface area contributed by atoms with Gasteiger partial charge in [0.25, 0.3) is 5.91 Å². The Balaban J connectivity index is 1.43. The third-order valence-corrected chi connectivity index (χ3v) is 5.02. The molecule has 2 aliphatic rings. The second-order valence-corrected chi connectivity index (χ2v) is 6.71. The number of amides is 1. The Morgan fingerprint density at radius 3 is 2.54 bits per heavy atom. The van der Waals surface area contributed by atoms with Crippen molar-refractivity contribution in [2.45, 2.75) is 20.0 Å². The van der Waals surface area contributed by atoms with Crippen LogP contribution in [0.2, 0.25) is 0 Å². The first-order chi connectivity index (χ1) is 11.7. The van der Waals surface area contributed by atoms with Crippen LogP contribution in [0.3, 0.4) is 0 Å². The molecule has 2 aliphatic heterocycles. The fraction of sp³-hybridized carbons (Fsp3) is 0.350. The van der Waals surface area contributed by atoms with Gasteiger partial charge in [0.15, 0.2) is 0 Å². The zero-order valence-electron chi connectivity index (χ0n) is 14.1. The minimum atomic E-state index is 0.161. The number of fused-ring (bicyclic) bond motifs is 1. The van der Waals surface area contributed by atoms with Crippen molar-refractivity contribution in [3.05, 3.63) is 64.7 Å². The summed E-state index contributed by atoms with van der Waals surface area (Å²) in [5.74, 6) is 0.161. The average Bonchev–Trinajstić information content (AvgIpc) is 3.09. The topological polar surface area (TPSA) is 35.6 Å². The second-order valence-electron chi connectivity index (χ2n) is 6.71. The van der Waals surface area contributed by atoms with Crippen molar-refractivity contribution in [3.8, 4) is 0 Å². The van der Waals surface area contributed by atoms with Crippen LogP contribution >= 0.6 is 0 Å². The van der Waals surface area contributed by atoms with E-state index in [4.69, 9.17) is 0 Å². The molecule has 1 N–H and O–H groups in total. The van der Waals surface area contributed by atoms with Crippen molar-refractivity contribution in [1.82, 2.24) is 10.2 Å². The average molecular weight is 321 g/mol. The van der Waals surface area contributed by atoms with Crippen LogP contribution < -0.4 is 10.2 Å². The molecule has 4 rings (SSSR count). The SMILES string of the molecule is Cc1cccc(N2CCN(C(=O)c3ccc4c(c3)CNC4)CC2)c1. The summed E-state index contributed by atoms with van der Waals surface area (Å²) in [6.45, 7) is 7.25. The van der Waals surface area contributed by atoms with E-state index in [2.05, 4.69) is 53.5 Å². The molecule has 2 aromatic rings. The summed E-state index contributed by atoms with van der Waals surface area (Å²) in [6.07, 6.45) is 0. The van der Waals surface area contributed by atoms with Crippen molar-refractivity contribution in [3.63, 3.8) is 0 Å². The van der Waals surface area contributed by atoms with E-state index in [0.29, 0.717) is 0 Å². The molecule has 4 nitrogen and oxygen atoms in total. The lowest BCUT2D eigenvalue weighted by Gasteiger charge is -2.36. The van der Waals surface area contributed by atoms with Gasteiger partial charge in [0.05, 0.1) is 0 Å². The fourth-order valence-corrected chi connectivity index (χ4v) is 3.60. The number of rotatable bonds is 2. The smallest absolute Gasteiger partial charge is 0.253 e. The highest BCUT2D eigenvalue weighted by Gasteiger charge is 2.23. The predicted octanol–water partition coefficient (Wildman–Crippen LogP) is 2.56. The molecule has 0 atom stereocenters. The molecule has 0 radical (unpaired) electrons. The van der Waals surface area contributed by atoms with E-state index < -0.39 is 0 Å². The molecular weight excluding hydrogens is 298 g/mol. The summed E-state index contributed by atoms with van der Waals surface area (Å²) in [5, 5.41) is 3.33. The number of hydrogen-bond acceptors (Lipinski definition) is 3. The molecule has 0 saturated carbocycles. The van der Waals surface area contributed by atoms with Gasteiger partial charge >= 0.3 is 0 Å². The lowest BCUT2D eigenvalue weighted by atomic mass is 10.1. The largest absolute Gasteiger partial charge is 0.368 e. The molecule has 1 fully saturated rings. The van der Waals surface area contributed by atoms with Crippen molar-refractivity contribution >= 4 is 11.6 Å². The van der Waals surface area contributed by atoms with Crippen molar-refractivity contribution in [2.75, 3.05) is 31.1 Å². The second kappa shape index (κ2) is 6.29. The molecule has 4 heteroatoms. The lowest BCUT2D eigenvalue weighted by molar-refractivity contribution is 0.0746. The van der Waals surface area contributed by atoms with E-state index in [-0.39, 0.29) is 5.91 Å². The van der Waals surface area contributed by atoms with Gasteiger partial charge in [0.1, 0.15) is 0 Å². The minimum Gasteiger partial charge on any atom is -0.368 e. The Bertz CT molecular complexity index is 763. The first kappa shape index (κ1) is 15.2. The Hall–Kier alpha value is -2.33. The number of piperazine rings is 1. The number of hydrogen-bond donors (Lipinski definition) is 1. The summed E-state index contributed by atoms with van der Waals surface area (Å²) in [5.41, 5.74) is 5.93. The normalized spacial score (nSPS) is 17.0. The molecule has 0 bridgehead atoms. The molecule has 1 saturated heterocycles. The molecule has 0 spiro atoms. The summed E-state index contributed by atoms with van der Waals surface area (Å²) in [4.78, 5) is 17.1. The standard InChI is InChI=1S/C20H23N3O/c1-15-3-2-4-19(11-15)22-7-9-23(10-8-22)20(24)16-5-6-17-13-21-14-18(17)12-16/h2-6,11-12,21H,7-10,13-14H2,1H3. The third kappa shape index (κ3) is 2.89. The quantitative estimate of drug-likeness (QED) is 0.923. The van der Waals surface area contributed by atoms with Crippen LogP contribution in [-0.2, 0) is 13.1 Å². The molecule has 0 aromatic heterocycles. The highest BCUT2D eigenvalue weighted by molar-refractivity contribution is 5.94. The van der Waals surface area contributed by atoms with Gasteiger partial charge in [-0.2, -0.15) is 0 Å². The number of carbonyl (C=O) groups is 1. The molecule has 124 valence electrons. The van der Waals surface area contributed by atoms with Crippen LogP contribution in [0, 0.1) is 6.92 Å². The molecule has 2 heterocycles. The highest BCUT2D eigenvalue weighted by atomic mass is 16.2. The molecular formula is C20H23N3O. The highest BCUT2D eigenvalue weighted by Crippen LogP contribution is 2.21. The van der Waals surface area contributed by atoms with Crippen LogP contribution in [0.15, 0.2) is 42.5 Å². The third-order valence-electron chi connectivity index (χ3n) is 5.02. The predicted molar refractivity (Wildman–Crippen MR) is 96.3 cm³/mol. The van der Waals surface area contributed by atoms with Gasteiger partial charge in [-0.05, 0) is 47.9 Å². The van der Waals surface area contributed by atoms with Gasteiger partial charge < -0.3 is 15.1 Å². The Morgan fingerprint density at radius 1 is 0.958 bits per heavy atom. The van der Waals surface area contributed by atoms with E-state index in [1.54, 1.807) is 0 Å². The number of nitrogens with one attached hydrogen (secondary N) is 1. The first-order valence-electron chi connectivity index (χ1n) is 8.64. The van der Waals surface area contributed by atoms with E-state index in [1.807, 2.05) is 11.0 Å². The summed E-state index contributed by atoms with van der Waals surface area (Å²) in [7, 11) is 0. The van der Waals surface area contributed by atoms with Crippen LogP contribution in [0.1, 0.15) is 27.0 Å². The van der Waals surface area contributed by atoms with Crippen LogP contribution in [-0.4, -0.2) is 37.0 Å². The maximum atomic E-state index is 12.8. The van der Waals surface area contributed by atoms with E-state index in [1.165, 1.54) is 22.4 Å². The van der Waals surface area contributed by atoms with Gasteiger partial charge in [-0.25, -0.2) is 0 Å². The van der Waals surface area contributed by atoms with Gasteiger partial charge in [0.2, 0.25) is 0 Å². The monoisotopic (exact) mass is 321 g/mol. The fourth-order valence-electron chi connectivity index (χ4n) is 3.60. The van der Waals surface area contributed by atoms with Gasteiger partial charge in [-0.15, -0.1) is 0 Å². The van der Waals surface area contributed by atoms with Crippen LogP contribution in [0.5, 0.6) is 0 Å².